The fraction of sp³-hybridized carbons (Fsp3) is 0.579. The molecular weight excluding hydrogens is 391 g/mol. The van der Waals surface area contributed by atoms with Gasteiger partial charge in [0.2, 0.25) is 0 Å². The zero-order valence-corrected chi connectivity index (χ0v) is 16.5. The van der Waals surface area contributed by atoms with Crippen LogP contribution >= 0.6 is 23.2 Å². The van der Waals surface area contributed by atoms with Gasteiger partial charge < -0.3 is 9.47 Å². The summed E-state index contributed by atoms with van der Waals surface area (Å²) in [6.07, 6.45) is 4.34. The smallest absolute Gasteiger partial charge is 0.262 e. The average Bonchev–Trinajstić information content (AvgIpc) is 3.37. The molecule has 0 aliphatic carbocycles. The highest BCUT2D eigenvalue weighted by Gasteiger charge is 2.38. The highest BCUT2D eigenvalue weighted by Crippen LogP contribution is 2.31. The fourth-order valence-corrected chi connectivity index (χ4v) is 4.28. The first-order valence-electron chi connectivity index (χ1n) is 9.33. The third kappa shape index (κ3) is 4.00. The van der Waals surface area contributed by atoms with E-state index in [1.165, 1.54) is 17.0 Å². The minimum atomic E-state index is -0.335. The van der Waals surface area contributed by atoms with Gasteiger partial charge in [-0.15, -0.1) is 0 Å². The molecule has 4 rings (SSSR count). The Balaban J connectivity index is 1.51. The number of hydrogen-bond acceptors (Lipinski definition) is 5. The third-order valence-corrected chi connectivity index (χ3v) is 6.05. The van der Waals surface area contributed by atoms with Crippen molar-refractivity contribution in [2.75, 3.05) is 33.0 Å². The Morgan fingerprint density at radius 1 is 0.926 bits per heavy atom. The van der Waals surface area contributed by atoms with Crippen LogP contribution in [0.3, 0.4) is 0 Å². The monoisotopic (exact) mass is 412 g/mol. The van der Waals surface area contributed by atoms with Gasteiger partial charge in [0, 0.05) is 26.3 Å². The number of ether oxygens (including phenoxy) is 2. The first-order chi connectivity index (χ1) is 13.0. The second-order valence-electron chi connectivity index (χ2n) is 7.30. The zero-order chi connectivity index (χ0) is 19.0. The minimum Gasteiger partial charge on any atom is -0.377 e. The molecule has 2 saturated heterocycles. The third-order valence-electron chi connectivity index (χ3n) is 5.32. The van der Waals surface area contributed by atoms with E-state index in [2.05, 4.69) is 4.90 Å². The number of benzene rings is 1. The van der Waals surface area contributed by atoms with Crippen LogP contribution in [0.25, 0.3) is 0 Å². The van der Waals surface area contributed by atoms with E-state index in [1.807, 2.05) is 0 Å². The first kappa shape index (κ1) is 19.2. The van der Waals surface area contributed by atoms with E-state index in [1.54, 1.807) is 0 Å². The van der Waals surface area contributed by atoms with Gasteiger partial charge in [-0.25, -0.2) is 0 Å². The molecule has 8 heteroatoms. The van der Waals surface area contributed by atoms with Crippen LogP contribution in [0.4, 0.5) is 0 Å². The maximum Gasteiger partial charge on any atom is 0.262 e. The summed E-state index contributed by atoms with van der Waals surface area (Å²) in [5.41, 5.74) is 0.618. The molecule has 1 aromatic rings. The number of imide groups is 1. The second kappa shape index (κ2) is 8.05. The molecular formula is C19H22Cl2N2O4. The fourth-order valence-electron chi connectivity index (χ4n) is 3.95. The van der Waals surface area contributed by atoms with Crippen molar-refractivity contribution in [3.8, 4) is 0 Å². The molecule has 2 atom stereocenters. The highest BCUT2D eigenvalue weighted by atomic mass is 35.5. The number of nitrogens with zero attached hydrogens (tertiary/aromatic N) is 2. The van der Waals surface area contributed by atoms with Crippen molar-refractivity contribution < 1.29 is 19.1 Å². The number of hydrogen-bond donors (Lipinski definition) is 0. The minimum absolute atomic E-state index is 0.130. The average molecular weight is 413 g/mol. The summed E-state index contributed by atoms with van der Waals surface area (Å²) in [6, 6.07) is 2.95. The van der Waals surface area contributed by atoms with Crippen LogP contribution in [-0.4, -0.2) is 66.8 Å². The Bertz CT molecular complexity index is 686. The molecule has 2 fully saturated rings. The van der Waals surface area contributed by atoms with E-state index in [9.17, 15) is 9.59 Å². The summed E-state index contributed by atoms with van der Waals surface area (Å²) in [7, 11) is 0. The van der Waals surface area contributed by atoms with Crippen molar-refractivity contribution in [3.63, 3.8) is 0 Å². The van der Waals surface area contributed by atoms with Gasteiger partial charge in [-0.3, -0.25) is 19.4 Å². The van der Waals surface area contributed by atoms with Crippen molar-refractivity contribution in [1.82, 2.24) is 9.80 Å². The van der Waals surface area contributed by atoms with Gasteiger partial charge in [0.25, 0.3) is 11.8 Å². The number of carbonyl (C=O) groups excluding carboxylic acids is 2. The van der Waals surface area contributed by atoms with Gasteiger partial charge >= 0.3 is 0 Å². The van der Waals surface area contributed by atoms with Gasteiger partial charge in [0.15, 0.2) is 0 Å². The number of fused-ring (bicyclic) bond motifs is 1. The Hall–Kier alpha value is -1.18. The van der Waals surface area contributed by atoms with Crippen molar-refractivity contribution in [1.29, 1.82) is 0 Å². The lowest BCUT2D eigenvalue weighted by Gasteiger charge is -2.30. The Labute approximate surface area is 168 Å². The number of halogens is 2. The summed E-state index contributed by atoms with van der Waals surface area (Å²) in [5.74, 6) is -0.670. The quantitative estimate of drug-likeness (QED) is 0.671. The molecule has 27 heavy (non-hydrogen) atoms. The molecule has 0 radical (unpaired) electrons. The van der Waals surface area contributed by atoms with Gasteiger partial charge in [-0.2, -0.15) is 0 Å². The summed E-state index contributed by atoms with van der Waals surface area (Å²) < 4.78 is 11.5. The second-order valence-corrected chi connectivity index (χ2v) is 8.11. The highest BCUT2D eigenvalue weighted by molar-refractivity contribution is 6.43. The Morgan fingerprint density at radius 3 is 1.81 bits per heavy atom. The lowest BCUT2D eigenvalue weighted by atomic mass is 10.1. The van der Waals surface area contributed by atoms with Crippen molar-refractivity contribution in [2.24, 2.45) is 0 Å². The van der Waals surface area contributed by atoms with Crippen LogP contribution in [0.15, 0.2) is 12.1 Å². The van der Waals surface area contributed by atoms with Gasteiger partial charge in [-0.05, 0) is 37.8 Å². The van der Waals surface area contributed by atoms with Crippen LogP contribution in [0.5, 0.6) is 0 Å². The van der Waals surface area contributed by atoms with Gasteiger partial charge in [0.05, 0.1) is 40.0 Å². The first-order valence-corrected chi connectivity index (χ1v) is 10.1. The van der Waals surface area contributed by atoms with E-state index in [-0.39, 0.29) is 40.7 Å². The molecule has 6 nitrogen and oxygen atoms in total. The predicted molar refractivity (Wildman–Crippen MR) is 101 cm³/mol. The summed E-state index contributed by atoms with van der Waals surface area (Å²) in [4.78, 5) is 28.9. The van der Waals surface area contributed by atoms with E-state index < -0.39 is 0 Å². The van der Waals surface area contributed by atoms with Crippen LogP contribution in [-0.2, 0) is 9.47 Å². The molecule has 2 amide bonds. The molecule has 2 unspecified atom stereocenters. The molecule has 3 heterocycles. The normalized spacial score (nSPS) is 25.1. The standard InChI is InChI=1S/C19H22Cl2N2O4/c20-16-7-14-15(8-17(16)21)19(25)23(18(14)24)11-22(9-12-3-1-5-26-12)10-13-4-2-6-27-13/h7-8,12-13H,1-6,9-11H2. The van der Waals surface area contributed by atoms with Gasteiger partial charge in [-0.1, -0.05) is 23.2 Å². The summed E-state index contributed by atoms with van der Waals surface area (Å²) in [6.45, 7) is 3.09. The van der Waals surface area contributed by atoms with Crippen LogP contribution in [0.2, 0.25) is 10.0 Å². The summed E-state index contributed by atoms with van der Waals surface area (Å²) >= 11 is 12.1. The van der Waals surface area contributed by atoms with E-state index in [4.69, 9.17) is 32.7 Å². The number of rotatable bonds is 6. The van der Waals surface area contributed by atoms with Crippen molar-refractivity contribution in [2.45, 2.75) is 37.9 Å². The zero-order valence-electron chi connectivity index (χ0n) is 15.0. The number of carbonyl (C=O) groups is 2. The van der Waals surface area contributed by atoms with Gasteiger partial charge in [0.1, 0.15) is 0 Å². The molecule has 3 aliphatic rings. The van der Waals surface area contributed by atoms with E-state index in [0.29, 0.717) is 24.2 Å². The molecule has 0 spiro atoms. The lowest BCUT2D eigenvalue weighted by molar-refractivity contribution is 0.0149. The van der Waals surface area contributed by atoms with Crippen molar-refractivity contribution >= 4 is 35.0 Å². The van der Waals surface area contributed by atoms with Crippen LogP contribution in [0.1, 0.15) is 46.4 Å². The van der Waals surface area contributed by atoms with Crippen molar-refractivity contribution in [3.05, 3.63) is 33.3 Å². The number of amides is 2. The molecule has 0 N–H and O–H groups in total. The van der Waals surface area contributed by atoms with Crippen LogP contribution < -0.4 is 0 Å². The maximum atomic E-state index is 12.8. The Kier molecular flexibility index (Phi) is 5.71. The molecule has 3 aliphatic heterocycles. The largest absolute Gasteiger partial charge is 0.377 e. The molecule has 0 aromatic heterocycles. The lowest BCUT2D eigenvalue weighted by Crippen LogP contribution is -2.46. The van der Waals surface area contributed by atoms with Crippen LogP contribution in [0, 0.1) is 0 Å². The SMILES string of the molecule is O=C1c2cc(Cl)c(Cl)cc2C(=O)N1CN(CC1CCCO1)CC1CCCO1. The maximum absolute atomic E-state index is 12.8. The molecule has 0 saturated carbocycles. The summed E-state index contributed by atoms with van der Waals surface area (Å²) in [5, 5.41) is 0.544. The topological polar surface area (TPSA) is 59.1 Å². The molecule has 146 valence electrons. The Morgan fingerprint density at radius 2 is 1.41 bits per heavy atom. The predicted octanol–water partition coefficient (Wildman–Crippen LogP) is 3.21. The van der Waals surface area contributed by atoms with E-state index in [0.717, 1.165) is 38.9 Å². The molecule has 0 bridgehead atoms. The van der Waals surface area contributed by atoms with E-state index >= 15 is 0 Å². The molecule has 1 aromatic carbocycles.